The lowest BCUT2D eigenvalue weighted by Gasteiger charge is -2.16. The monoisotopic (exact) mass is 331 g/mol. The Bertz CT molecular complexity index is 609. The fourth-order valence-electron chi connectivity index (χ4n) is 2.15. The molecule has 1 aromatic carbocycles. The number of rotatable bonds is 5. The van der Waals surface area contributed by atoms with Gasteiger partial charge in [0.25, 0.3) is 0 Å². The highest BCUT2D eigenvalue weighted by atomic mass is 35.5. The topological polar surface area (TPSA) is 3.24 Å². The van der Waals surface area contributed by atoms with Crippen molar-refractivity contribution in [3.63, 3.8) is 0 Å². The maximum atomic E-state index is 4.06. The van der Waals surface area contributed by atoms with Crippen molar-refractivity contribution < 1.29 is 0 Å². The van der Waals surface area contributed by atoms with E-state index in [0.717, 1.165) is 18.7 Å². The van der Waals surface area contributed by atoms with Crippen molar-refractivity contribution in [3.05, 3.63) is 53.6 Å². The van der Waals surface area contributed by atoms with Crippen LogP contribution in [0.25, 0.3) is 5.57 Å². The summed E-state index contributed by atoms with van der Waals surface area (Å²) in [6.45, 7) is 16.4. The first-order valence-electron chi connectivity index (χ1n) is 7.81. The Kier molecular flexibility index (Phi) is 8.98. The summed E-state index contributed by atoms with van der Waals surface area (Å²) in [6, 6.07) is 6.62. The normalized spacial score (nSPS) is 11.1. The molecule has 0 spiro atoms. The van der Waals surface area contributed by atoms with Crippen molar-refractivity contribution in [2.24, 2.45) is 5.41 Å². The Hall–Kier alpha value is -1.49. The van der Waals surface area contributed by atoms with Crippen LogP contribution in [0.15, 0.2) is 36.9 Å². The number of benzene rings is 1. The van der Waals surface area contributed by atoms with Gasteiger partial charge in [-0.25, -0.2) is 0 Å². The lowest BCUT2D eigenvalue weighted by atomic mass is 9.98. The van der Waals surface area contributed by atoms with Crippen LogP contribution >= 0.6 is 12.4 Å². The summed E-state index contributed by atoms with van der Waals surface area (Å²) < 4.78 is 0. The number of likely N-dealkylation sites (N-methyl/N-ethyl adjacent to an activating group) is 1. The summed E-state index contributed by atoms with van der Waals surface area (Å²) in [5, 5.41) is 0. The quantitative estimate of drug-likeness (QED) is 0.645. The van der Waals surface area contributed by atoms with Crippen LogP contribution in [0.1, 0.15) is 44.4 Å². The second-order valence-electron chi connectivity index (χ2n) is 7.05. The zero-order valence-corrected chi connectivity index (χ0v) is 16.2. The molecule has 0 unspecified atom stereocenters. The highest BCUT2D eigenvalue weighted by molar-refractivity contribution is 5.85. The van der Waals surface area contributed by atoms with Gasteiger partial charge in [0, 0.05) is 18.5 Å². The third-order valence-electron chi connectivity index (χ3n) is 3.28. The Labute approximate surface area is 148 Å². The summed E-state index contributed by atoms with van der Waals surface area (Å²) in [5.41, 5.74) is 5.06. The van der Waals surface area contributed by atoms with Crippen LogP contribution in [0, 0.1) is 24.2 Å². The van der Waals surface area contributed by atoms with Crippen LogP contribution in [-0.4, -0.2) is 18.5 Å². The second-order valence-corrected chi connectivity index (χ2v) is 7.05. The average molecular weight is 332 g/mol. The van der Waals surface area contributed by atoms with Gasteiger partial charge < -0.3 is 0 Å². The van der Waals surface area contributed by atoms with Crippen molar-refractivity contribution in [1.29, 1.82) is 0 Å². The molecule has 23 heavy (non-hydrogen) atoms. The number of nitrogens with zero attached hydrogens (tertiary/aromatic N) is 1. The van der Waals surface area contributed by atoms with E-state index in [-0.39, 0.29) is 17.8 Å². The van der Waals surface area contributed by atoms with Crippen molar-refractivity contribution in [2.75, 3.05) is 13.6 Å². The van der Waals surface area contributed by atoms with Crippen LogP contribution < -0.4 is 0 Å². The van der Waals surface area contributed by atoms with Gasteiger partial charge in [-0.2, -0.15) is 0 Å². The van der Waals surface area contributed by atoms with E-state index in [1.54, 1.807) is 0 Å². The SMILES string of the molecule is C=C(C)c1cc(CN(C)CC=CC#CC(C)(C)C)ccc1C.Cl. The molecule has 0 radical (unpaired) electrons. The number of allylic oxidation sites excluding steroid dienone is 2. The molecule has 0 amide bonds. The summed E-state index contributed by atoms with van der Waals surface area (Å²) in [4.78, 5) is 2.28. The fraction of sp³-hybridized carbons (Fsp3) is 0.429. The molecule has 0 aliphatic rings. The third-order valence-corrected chi connectivity index (χ3v) is 3.28. The van der Waals surface area contributed by atoms with E-state index < -0.39 is 0 Å². The van der Waals surface area contributed by atoms with Crippen LogP contribution in [0.3, 0.4) is 0 Å². The molecular weight excluding hydrogens is 302 g/mol. The predicted octanol–water partition coefficient (Wildman–Crippen LogP) is 5.49. The van der Waals surface area contributed by atoms with Crippen LogP contribution in [0.2, 0.25) is 0 Å². The maximum Gasteiger partial charge on any atom is 0.0234 e. The first-order valence-corrected chi connectivity index (χ1v) is 7.81. The lowest BCUT2D eigenvalue weighted by molar-refractivity contribution is 0.363. The zero-order chi connectivity index (χ0) is 16.8. The number of hydrogen-bond acceptors (Lipinski definition) is 1. The summed E-state index contributed by atoms with van der Waals surface area (Å²) in [5.74, 6) is 6.31. The molecule has 0 N–H and O–H groups in total. The van der Waals surface area contributed by atoms with E-state index in [4.69, 9.17) is 0 Å². The average Bonchev–Trinajstić information content (AvgIpc) is 2.39. The summed E-state index contributed by atoms with van der Waals surface area (Å²) >= 11 is 0. The molecule has 0 saturated heterocycles. The molecule has 0 heterocycles. The fourth-order valence-corrected chi connectivity index (χ4v) is 2.15. The van der Waals surface area contributed by atoms with Gasteiger partial charge >= 0.3 is 0 Å². The van der Waals surface area contributed by atoms with Gasteiger partial charge in [0.15, 0.2) is 0 Å². The Morgan fingerprint density at radius 1 is 1.30 bits per heavy atom. The van der Waals surface area contributed by atoms with Gasteiger partial charge in [-0.1, -0.05) is 42.2 Å². The predicted molar refractivity (Wildman–Crippen MR) is 106 cm³/mol. The molecule has 0 saturated carbocycles. The first-order chi connectivity index (χ1) is 10.2. The molecule has 1 rings (SSSR count). The second kappa shape index (κ2) is 9.60. The van der Waals surface area contributed by atoms with Gasteiger partial charge in [-0.05, 0) is 70.5 Å². The van der Waals surface area contributed by atoms with E-state index in [2.05, 4.69) is 89.3 Å². The highest BCUT2D eigenvalue weighted by Crippen LogP contribution is 2.19. The Morgan fingerprint density at radius 3 is 2.52 bits per heavy atom. The van der Waals surface area contributed by atoms with Gasteiger partial charge in [0.05, 0.1) is 0 Å². The first kappa shape index (κ1) is 21.5. The molecule has 1 nitrogen and oxygen atoms in total. The molecule has 0 fully saturated rings. The number of halogens is 1. The maximum absolute atomic E-state index is 4.06. The smallest absolute Gasteiger partial charge is 0.0234 e. The largest absolute Gasteiger partial charge is 0.298 e. The third kappa shape index (κ3) is 8.65. The number of aryl methyl sites for hydroxylation is 1. The van der Waals surface area contributed by atoms with Gasteiger partial charge in [0.1, 0.15) is 0 Å². The molecule has 0 bridgehead atoms. The van der Waals surface area contributed by atoms with E-state index >= 15 is 0 Å². The number of hydrogen-bond donors (Lipinski definition) is 0. The van der Waals surface area contributed by atoms with Crippen LogP contribution in [-0.2, 0) is 6.54 Å². The summed E-state index contributed by atoms with van der Waals surface area (Å²) in [6.07, 6.45) is 4.07. The highest BCUT2D eigenvalue weighted by Gasteiger charge is 2.04. The van der Waals surface area contributed by atoms with Gasteiger partial charge in [0.2, 0.25) is 0 Å². The van der Waals surface area contributed by atoms with Crippen LogP contribution in [0.5, 0.6) is 0 Å². The van der Waals surface area contributed by atoms with Gasteiger partial charge in [-0.15, -0.1) is 12.4 Å². The standard InChI is InChI=1S/C21H29N.ClH/c1-17(2)20-15-19(12-11-18(20)3)16-22(7)14-10-8-9-13-21(4,5)6;/h8,10-12,15H,1,14,16H2,2-7H3;1H. The molecular formula is C21H30ClN. The molecule has 0 atom stereocenters. The van der Waals surface area contributed by atoms with Crippen molar-refractivity contribution in [1.82, 2.24) is 4.90 Å². The minimum atomic E-state index is 0. The molecule has 1 aromatic rings. The Balaban J connectivity index is 0.00000484. The van der Waals surface area contributed by atoms with Crippen LogP contribution in [0.4, 0.5) is 0 Å². The molecule has 2 heteroatoms. The van der Waals surface area contributed by atoms with E-state index in [0.29, 0.717) is 0 Å². The molecule has 126 valence electrons. The summed E-state index contributed by atoms with van der Waals surface area (Å²) in [7, 11) is 2.13. The minimum Gasteiger partial charge on any atom is -0.298 e. The van der Waals surface area contributed by atoms with E-state index in [9.17, 15) is 0 Å². The molecule has 0 aromatic heterocycles. The molecule has 0 aliphatic heterocycles. The molecule has 0 aliphatic carbocycles. The minimum absolute atomic E-state index is 0. The van der Waals surface area contributed by atoms with Crippen molar-refractivity contribution >= 4 is 18.0 Å². The van der Waals surface area contributed by atoms with Crippen molar-refractivity contribution in [3.8, 4) is 11.8 Å². The van der Waals surface area contributed by atoms with Crippen molar-refractivity contribution in [2.45, 2.75) is 41.2 Å². The van der Waals surface area contributed by atoms with Gasteiger partial charge in [-0.3, -0.25) is 4.90 Å². The van der Waals surface area contributed by atoms with E-state index in [1.165, 1.54) is 16.7 Å². The van der Waals surface area contributed by atoms with E-state index in [1.807, 2.05) is 6.08 Å². The lowest BCUT2D eigenvalue weighted by Crippen LogP contribution is -2.17. The zero-order valence-electron chi connectivity index (χ0n) is 15.4. The Morgan fingerprint density at radius 2 is 1.96 bits per heavy atom.